The Bertz CT molecular complexity index is 801. The fourth-order valence-corrected chi connectivity index (χ4v) is 4.03. The van der Waals surface area contributed by atoms with Gasteiger partial charge in [0.25, 0.3) is 10.0 Å². The van der Waals surface area contributed by atoms with Gasteiger partial charge in [-0.3, -0.25) is 0 Å². The number of hydrogen-bond acceptors (Lipinski definition) is 3. The molecule has 0 saturated carbocycles. The van der Waals surface area contributed by atoms with Crippen LogP contribution in [0.1, 0.15) is 17.7 Å². The summed E-state index contributed by atoms with van der Waals surface area (Å²) in [7, 11) is -1.48. The van der Waals surface area contributed by atoms with Crippen LogP contribution < -0.4 is 0 Å². The molecular formula is C17H20N2O2S. The first-order valence-electron chi connectivity index (χ1n) is 7.36. The van der Waals surface area contributed by atoms with Crippen molar-refractivity contribution in [2.75, 3.05) is 20.1 Å². The van der Waals surface area contributed by atoms with E-state index < -0.39 is 10.0 Å². The first kappa shape index (κ1) is 15.1. The molecule has 116 valence electrons. The molecule has 1 aromatic heterocycles. The standard InChI is InChI=1S/C17H20N2O2S/c1-14-5-7-16(8-6-14)22(20,21)19-11-3-4-17(19)15-9-12-18(2)13-10-15/h3-9,11H,10,12-13H2,1-2H3. The minimum atomic E-state index is -3.54. The number of nitrogens with zero attached hydrogens (tertiary/aromatic N) is 2. The van der Waals surface area contributed by atoms with E-state index >= 15 is 0 Å². The van der Waals surface area contributed by atoms with Gasteiger partial charge >= 0.3 is 0 Å². The third-order valence-corrected chi connectivity index (χ3v) is 5.74. The fourth-order valence-electron chi connectivity index (χ4n) is 2.65. The van der Waals surface area contributed by atoms with E-state index in [-0.39, 0.29) is 0 Å². The zero-order valence-electron chi connectivity index (χ0n) is 12.9. The van der Waals surface area contributed by atoms with Gasteiger partial charge in [0, 0.05) is 19.3 Å². The van der Waals surface area contributed by atoms with Gasteiger partial charge in [-0.2, -0.15) is 0 Å². The molecule has 22 heavy (non-hydrogen) atoms. The zero-order chi connectivity index (χ0) is 15.7. The first-order valence-corrected chi connectivity index (χ1v) is 8.80. The highest BCUT2D eigenvalue weighted by Gasteiger charge is 2.21. The third-order valence-electron chi connectivity index (χ3n) is 4.03. The van der Waals surface area contributed by atoms with Crippen LogP contribution in [0, 0.1) is 6.92 Å². The maximum atomic E-state index is 12.9. The molecule has 0 atom stereocenters. The highest BCUT2D eigenvalue weighted by Crippen LogP contribution is 2.26. The Morgan fingerprint density at radius 1 is 1.09 bits per heavy atom. The number of rotatable bonds is 3. The second kappa shape index (κ2) is 5.74. The number of aryl methyl sites for hydroxylation is 1. The van der Waals surface area contributed by atoms with E-state index in [1.165, 1.54) is 3.97 Å². The molecule has 0 saturated heterocycles. The molecule has 2 aromatic rings. The van der Waals surface area contributed by atoms with Crippen molar-refractivity contribution in [3.8, 4) is 0 Å². The molecule has 1 aliphatic rings. The van der Waals surface area contributed by atoms with Crippen molar-refractivity contribution >= 4 is 15.6 Å². The van der Waals surface area contributed by atoms with Crippen LogP contribution in [-0.4, -0.2) is 37.4 Å². The Balaban J connectivity index is 2.03. The number of likely N-dealkylation sites (N-methyl/N-ethyl adjacent to an activating group) is 1. The van der Waals surface area contributed by atoms with E-state index in [1.807, 2.05) is 25.1 Å². The van der Waals surface area contributed by atoms with Gasteiger partial charge in [0.1, 0.15) is 0 Å². The normalized spacial score (nSPS) is 16.5. The Kier molecular flexibility index (Phi) is 3.93. The summed E-state index contributed by atoms with van der Waals surface area (Å²) < 4.78 is 27.1. The molecule has 0 amide bonds. The molecule has 0 N–H and O–H groups in total. The summed E-state index contributed by atoms with van der Waals surface area (Å²) in [4.78, 5) is 2.54. The van der Waals surface area contributed by atoms with Crippen LogP contribution in [-0.2, 0) is 10.0 Å². The van der Waals surface area contributed by atoms with E-state index in [0.717, 1.165) is 36.3 Å². The predicted molar refractivity (Wildman–Crippen MR) is 88.3 cm³/mol. The maximum Gasteiger partial charge on any atom is 0.268 e. The molecule has 0 bridgehead atoms. The Morgan fingerprint density at radius 2 is 1.82 bits per heavy atom. The van der Waals surface area contributed by atoms with Crippen LogP contribution in [0.4, 0.5) is 0 Å². The summed E-state index contributed by atoms with van der Waals surface area (Å²) in [5, 5.41) is 0. The molecule has 0 unspecified atom stereocenters. The minimum Gasteiger partial charge on any atom is -0.302 e. The fraction of sp³-hybridized carbons (Fsp3) is 0.294. The molecule has 1 aliphatic heterocycles. The minimum absolute atomic E-state index is 0.323. The van der Waals surface area contributed by atoms with Gasteiger partial charge in [-0.1, -0.05) is 23.8 Å². The van der Waals surface area contributed by atoms with Gasteiger partial charge in [-0.15, -0.1) is 0 Å². The summed E-state index contributed by atoms with van der Waals surface area (Å²) in [6.45, 7) is 3.74. The quantitative estimate of drug-likeness (QED) is 0.874. The van der Waals surface area contributed by atoms with Crippen molar-refractivity contribution in [3.63, 3.8) is 0 Å². The lowest BCUT2D eigenvalue weighted by Gasteiger charge is -2.22. The molecule has 1 aromatic carbocycles. The molecule has 3 rings (SSSR count). The van der Waals surface area contributed by atoms with E-state index in [9.17, 15) is 8.42 Å². The Labute approximate surface area is 131 Å². The van der Waals surface area contributed by atoms with E-state index in [2.05, 4.69) is 18.0 Å². The SMILES string of the molecule is Cc1ccc(S(=O)(=O)n2cccc2C2=CCN(C)CC2)cc1. The number of aromatic nitrogens is 1. The molecule has 0 fully saturated rings. The van der Waals surface area contributed by atoms with Crippen LogP contribution in [0.25, 0.3) is 5.57 Å². The molecule has 4 nitrogen and oxygen atoms in total. The average molecular weight is 316 g/mol. The zero-order valence-corrected chi connectivity index (χ0v) is 13.7. The van der Waals surface area contributed by atoms with Crippen LogP contribution >= 0.6 is 0 Å². The first-order chi connectivity index (χ1) is 10.5. The van der Waals surface area contributed by atoms with Crippen LogP contribution in [0.2, 0.25) is 0 Å². The highest BCUT2D eigenvalue weighted by molar-refractivity contribution is 7.90. The molecule has 0 aliphatic carbocycles. The lowest BCUT2D eigenvalue weighted by Crippen LogP contribution is -2.25. The number of hydrogen-bond donors (Lipinski definition) is 0. The smallest absolute Gasteiger partial charge is 0.268 e. The predicted octanol–water partition coefficient (Wildman–Crippen LogP) is 2.75. The second-order valence-corrected chi connectivity index (χ2v) is 7.56. The molecule has 5 heteroatoms. The van der Waals surface area contributed by atoms with E-state index in [1.54, 1.807) is 24.4 Å². The molecular weight excluding hydrogens is 296 g/mol. The number of benzene rings is 1. The van der Waals surface area contributed by atoms with Gasteiger partial charge in [-0.05, 0) is 50.2 Å². The van der Waals surface area contributed by atoms with Gasteiger partial charge in [0.05, 0.1) is 10.6 Å². The Morgan fingerprint density at radius 3 is 2.45 bits per heavy atom. The lowest BCUT2D eigenvalue weighted by atomic mass is 10.1. The van der Waals surface area contributed by atoms with Crippen LogP contribution in [0.15, 0.2) is 53.6 Å². The van der Waals surface area contributed by atoms with Crippen LogP contribution in [0.3, 0.4) is 0 Å². The molecule has 2 heterocycles. The van der Waals surface area contributed by atoms with Crippen molar-refractivity contribution in [3.05, 3.63) is 59.9 Å². The van der Waals surface area contributed by atoms with Gasteiger partial charge in [0.15, 0.2) is 0 Å². The second-order valence-electron chi connectivity index (χ2n) is 5.75. The van der Waals surface area contributed by atoms with Crippen molar-refractivity contribution in [2.24, 2.45) is 0 Å². The summed E-state index contributed by atoms with van der Waals surface area (Å²) in [6, 6.07) is 10.6. The summed E-state index contributed by atoms with van der Waals surface area (Å²) in [5.41, 5.74) is 2.91. The molecule has 0 radical (unpaired) electrons. The summed E-state index contributed by atoms with van der Waals surface area (Å²) in [5.74, 6) is 0. The Hall–Kier alpha value is -1.85. The van der Waals surface area contributed by atoms with Crippen molar-refractivity contribution in [2.45, 2.75) is 18.2 Å². The van der Waals surface area contributed by atoms with Gasteiger partial charge in [-0.25, -0.2) is 12.4 Å². The summed E-state index contributed by atoms with van der Waals surface area (Å²) in [6.07, 6.45) is 4.60. The maximum absolute atomic E-state index is 12.9. The average Bonchev–Trinajstić information content (AvgIpc) is 2.99. The molecule has 0 spiro atoms. The van der Waals surface area contributed by atoms with E-state index in [0.29, 0.717) is 4.90 Å². The van der Waals surface area contributed by atoms with Gasteiger partial charge < -0.3 is 4.90 Å². The topological polar surface area (TPSA) is 42.3 Å². The van der Waals surface area contributed by atoms with Crippen molar-refractivity contribution in [1.82, 2.24) is 8.87 Å². The van der Waals surface area contributed by atoms with E-state index in [4.69, 9.17) is 0 Å². The third kappa shape index (κ3) is 2.74. The van der Waals surface area contributed by atoms with Gasteiger partial charge in [0.2, 0.25) is 0 Å². The van der Waals surface area contributed by atoms with Crippen molar-refractivity contribution in [1.29, 1.82) is 0 Å². The summed E-state index contributed by atoms with van der Waals surface area (Å²) >= 11 is 0. The monoisotopic (exact) mass is 316 g/mol. The van der Waals surface area contributed by atoms with Crippen LogP contribution in [0.5, 0.6) is 0 Å². The lowest BCUT2D eigenvalue weighted by molar-refractivity contribution is 0.369. The largest absolute Gasteiger partial charge is 0.302 e. The highest BCUT2D eigenvalue weighted by atomic mass is 32.2. The van der Waals surface area contributed by atoms with Crippen molar-refractivity contribution < 1.29 is 8.42 Å².